The van der Waals surface area contributed by atoms with Gasteiger partial charge >= 0.3 is 0 Å². The Morgan fingerprint density at radius 1 is 1.22 bits per heavy atom. The molecule has 1 aromatic carbocycles. The van der Waals surface area contributed by atoms with Gasteiger partial charge in [0.05, 0.1) is 11.1 Å². The highest BCUT2D eigenvalue weighted by molar-refractivity contribution is 6.00. The summed E-state index contributed by atoms with van der Waals surface area (Å²) in [6.07, 6.45) is 7.84. The first-order valence-corrected chi connectivity index (χ1v) is 8.56. The number of fused-ring (bicyclic) bond motifs is 2. The molecule has 0 radical (unpaired) electrons. The fraction of sp³-hybridized carbons (Fsp3) is 0.526. The molecule has 1 heterocycles. The second-order valence-electron chi connectivity index (χ2n) is 7.67. The molecule has 4 heteroatoms. The van der Waals surface area contributed by atoms with Gasteiger partial charge in [0.15, 0.2) is 0 Å². The van der Waals surface area contributed by atoms with Crippen molar-refractivity contribution in [2.75, 3.05) is 11.4 Å². The van der Waals surface area contributed by atoms with E-state index in [2.05, 4.69) is 6.08 Å². The number of nitrogens with zero attached hydrogens (tertiary/aromatic N) is 1. The molecule has 1 aliphatic heterocycles. The number of halogens is 2. The molecule has 3 aliphatic carbocycles. The zero-order valence-corrected chi connectivity index (χ0v) is 12.9. The third kappa shape index (κ3) is 1.75. The Hall–Kier alpha value is -1.71. The maximum atomic E-state index is 14.0. The van der Waals surface area contributed by atoms with E-state index in [9.17, 15) is 13.6 Å². The monoisotopic (exact) mass is 315 g/mol. The summed E-state index contributed by atoms with van der Waals surface area (Å²) < 4.78 is 27.6. The quantitative estimate of drug-likeness (QED) is 0.718. The molecule has 1 amide bonds. The van der Waals surface area contributed by atoms with Crippen LogP contribution < -0.4 is 4.90 Å². The number of hydrogen-bond acceptors (Lipinski definition) is 1. The zero-order valence-electron chi connectivity index (χ0n) is 12.9. The Balaban J connectivity index is 1.52. The van der Waals surface area contributed by atoms with Crippen molar-refractivity contribution in [1.29, 1.82) is 0 Å². The predicted molar refractivity (Wildman–Crippen MR) is 83.0 cm³/mol. The number of anilines is 1. The second kappa shape index (κ2) is 4.43. The van der Waals surface area contributed by atoms with Crippen LogP contribution in [-0.2, 0) is 11.2 Å². The molecule has 2 saturated carbocycles. The first-order chi connectivity index (χ1) is 11.1. The Morgan fingerprint density at radius 2 is 2.09 bits per heavy atom. The van der Waals surface area contributed by atoms with Crippen LogP contribution in [-0.4, -0.2) is 12.5 Å². The largest absolute Gasteiger partial charge is 0.311 e. The highest BCUT2D eigenvalue weighted by Gasteiger charge is 2.56. The van der Waals surface area contributed by atoms with Gasteiger partial charge in [-0.3, -0.25) is 4.79 Å². The minimum absolute atomic E-state index is 0.0888. The van der Waals surface area contributed by atoms with E-state index < -0.39 is 11.6 Å². The van der Waals surface area contributed by atoms with E-state index in [1.165, 1.54) is 18.9 Å². The summed E-state index contributed by atoms with van der Waals surface area (Å²) >= 11 is 0. The highest BCUT2D eigenvalue weighted by atomic mass is 19.1. The lowest BCUT2D eigenvalue weighted by Gasteiger charge is -2.35. The summed E-state index contributed by atoms with van der Waals surface area (Å²) in [5.41, 5.74) is 2.16. The average molecular weight is 315 g/mol. The van der Waals surface area contributed by atoms with Crippen LogP contribution in [0.25, 0.3) is 0 Å². The summed E-state index contributed by atoms with van der Waals surface area (Å²) in [6.45, 7) is 0.474. The van der Waals surface area contributed by atoms with E-state index in [0.29, 0.717) is 36.1 Å². The van der Waals surface area contributed by atoms with E-state index in [1.807, 2.05) is 0 Å². The first-order valence-electron chi connectivity index (χ1n) is 8.56. The molecular formula is C19H19F2NO. The third-order valence-corrected chi connectivity index (χ3v) is 6.58. The van der Waals surface area contributed by atoms with Crippen molar-refractivity contribution in [2.24, 2.45) is 17.3 Å². The Bertz CT molecular complexity index is 756. The van der Waals surface area contributed by atoms with Gasteiger partial charge in [0.1, 0.15) is 11.6 Å². The van der Waals surface area contributed by atoms with Gasteiger partial charge in [-0.05, 0) is 56.4 Å². The molecule has 2 nitrogen and oxygen atoms in total. The van der Waals surface area contributed by atoms with E-state index in [0.717, 1.165) is 25.3 Å². The number of benzene rings is 1. The molecule has 23 heavy (non-hydrogen) atoms. The third-order valence-electron chi connectivity index (χ3n) is 6.58. The fourth-order valence-electron chi connectivity index (χ4n) is 5.52. The molecular weight excluding hydrogens is 296 g/mol. The standard InChI is InChI=1S/C19H19F2NO/c20-13-7-16(21)14-4-6-22(17(14)8-13)18(23)19-5-3-11-1-2-12(9-19)15(11)10-19/h3,7-8,12,15H,1-2,4-6,9-10H2. The number of hydrogen-bond donors (Lipinski definition) is 0. The smallest absolute Gasteiger partial charge is 0.233 e. The van der Waals surface area contributed by atoms with Crippen molar-refractivity contribution < 1.29 is 13.6 Å². The molecule has 0 spiro atoms. The van der Waals surface area contributed by atoms with Crippen molar-refractivity contribution in [2.45, 2.75) is 38.5 Å². The number of carbonyl (C=O) groups is 1. The summed E-state index contributed by atoms with van der Waals surface area (Å²) in [5.74, 6) is 0.179. The minimum atomic E-state index is -0.604. The van der Waals surface area contributed by atoms with Gasteiger partial charge in [0.25, 0.3) is 0 Å². The van der Waals surface area contributed by atoms with Gasteiger partial charge in [-0.15, -0.1) is 0 Å². The lowest BCUT2D eigenvalue weighted by molar-refractivity contribution is -0.128. The van der Waals surface area contributed by atoms with Crippen molar-refractivity contribution in [3.05, 3.63) is 41.0 Å². The number of amides is 1. The number of carbonyl (C=O) groups excluding carboxylic acids is 1. The SMILES string of the molecule is O=C(N1CCc2c(F)cc(F)cc21)C12CC=C3CCC(C1)C3C2. The van der Waals surface area contributed by atoms with Gasteiger partial charge in [0, 0.05) is 18.2 Å². The van der Waals surface area contributed by atoms with E-state index >= 15 is 0 Å². The van der Waals surface area contributed by atoms with Gasteiger partial charge in [-0.1, -0.05) is 11.6 Å². The lowest BCUT2D eigenvalue weighted by atomic mass is 9.75. The van der Waals surface area contributed by atoms with E-state index in [4.69, 9.17) is 0 Å². The maximum absolute atomic E-state index is 14.0. The average Bonchev–Trinajstić information content (AvgIpc) is 3.15. The molecule has 4 aliphatic rings. The van der Waals surface area contributed by atoms with Crippen molar-refractivity contribution >= 4 is 11.6 Å². The summed E-state index contributed by atoms with van der Waals surface area (Å²) in [7, 11) is 0. The summed E-state index contributed by atoms with van der Waals surface area (Å²) in [5, 5.41) is 0. The zero-order chi connectivity index (χ0) is 15.8. The van der Waals surface area contributed by atoms with Crippen LogP contribution in [0.15, 0.2) is 23.8 Å². The topological polar surface area (TPSA) is 20.3 Å². The van der Waals surface area contributed by atoms with E-state index in [1.54, 1.807) is 10.5 Å². The van der Waals surface area contributed by atoms with Gasteiger partial charge in [-0.25, -0.2) is 8.78 Å². The van der Waals surface area contributed by atoms with Crippen molar-refractivity contribution in [3.63, 3.8) is 0 Å². The molecule has 0 aromatic heterocycles. The summed E-state index contributed by atoms with van der Waals surface area (Å²) in [4.78, 5) is 14.9. The minimum Gasteiger partial charge on any atom is -0.311 e. The molecule has 3 unspecified atom stereocenters. The summed E-state index contributed by atoms with van der Waals surface area (Å²) in [6, 6.07) is 2.24. The first kappa shape index (κ1) is 13.7. The van der Waals surface area contributed by atoms with Crippen molar-refractivity contribution in [1.82, 2.24) is 0 Å². The van der Waals surface area contributed by atoms with Gasteiger partial charge < -0.3 is 4.90 Å². The molecule has 5 rings (SSSR count). The van der Waals surface area contributed by atoms with Crippen molar-refractivity contribution in [3.8, 4) is 0 Å². The van der Waals surface area contributed by atoms with Crippen LogP contribution in [0.4, 0.5) is 14.5 Å². The van der Waals surface area contributed by atoms with Crippen LogP contribution in [0.3, 0.4) is 0 Å². The van der Waals surface area contributed by atoms with Crippen LogP contribution in [0.2, 0.25) is 0 Å². The van der Waals surface area contributed by atoms with Crippen LogP contribution >= 0.6 is 0 Å². The number of rotatable bonds is 1. The van der Waals surface area contributed by atoms with E-state index in [-0.39, 0.29) is 11.3 Å². The lowest BCUT2D eigenvalue weighted by Crippen LogP contribution is -2.43. The number of allylic oxidation sites excluding steroid dienone is 2. The molecule has 0 saturated heterocycles. The highest BCUT2D eigenvalue weighted by Crippen LogP contribution is 2.61. The van der Waals surface area contributed by atoms with Crippen LogP contribution in [0, 0.1) is 28.9 Å². The van der Waals surface area contributed by atoms with Gasteiger partial charge in [0.2, 0.25) is 5.91 Å². The molecule has 1 aromatic rings. The Labute approximate surface area is 134 Å². The molecule has 3 atom stereocenters. The Morgan fingerprint density at radius 3 is 2.96 bits per heavy atom. The molecule has 2 fully saturated rings. The fourth-order valence-corrected chi connectivity index (χ4v) is 5.52. The second-order valence-corrected chi connectivity index (χ2v) is 7.67. The van der Waals surface area contributed by atoms with Gasteiger partial charge in [-0.2, -0.15) is 0 Å². The maximum Gasteiger partial charge on any atom is 0.233 e. The normalized spacial score (nSPS) is 33.8. The molecule has 2 bridgehead atoms. The predicted octanol–water partition coefficient (Wildman–Crippen LogP) is 3.99. The Kier molecular flexibility index (Phi) is 2.64. The van der Waals surface area contributed by atoms with Crippen LogP contribution in [0.5, 0.6) is 0 Å². The molecule has 0 N–H and O–H groups in total. The molecule has 120 valence electrons. The van der Waals surface area contributed by atoms with Crippen LogP contribution in [0.1, 0.15) is 37.7 Å².